The molecule has 1 aliphatic heterocycles. The van der Waals surface area contributed by atoms with Crippen molar-refractivity contribution in [2.24, 2.45) is 5.92 Å². The van der Waals surface area contributed by atoms with E-state index >= 15 is 0 Å². The third kappa shape index (κ3) is 3.64. The fourth-order valence-electron chi connectivity index (χ4n) is 2.84. The Bertz CT molecular complexity index is 494. The van der Waals surface area contributed by atoms with Crippen molar-refractivity contribution in [1.82, 2.24) is 9.55 Å². The Morgan fingerprint density at radius 3 is 2.81 bits per heavy atom. The normalized spacial score (nSPS) is 15.9. The molecule has 0 N–H and O–H groups in total. The maximum Gasteiger partial charge on any atom is 0.359 e. The third-order valence-corrected chi connectivity index (χ3v) is 4.11. The summed E-state index contributed by atoms with van der Waals surface area (Å²) < 4.78 is 12.9. The van der Waals surface area contributed by atoms with Gasteiger partial charge in [0.1, 0.15) is 11.9 Å². The van der Waals surface area contributed by atoms with Gasteiger partial charge in [-0.3, -0.25) is 0 Å². The average molecular weight is 294 g/mol. The van der Waals surface area contributed by atoms with Crippen molar-refractivity contribution in [2.45, 2.75) is 59.1 Å². The van der Waals surface area contributed by atoms with E-state index in [-0.39, 0.29) is 18.0 Å². The minimum atomic E-state index is -0.288. The molecule has 0 aromatic carbocycles. The van der Waals surface area contributed by atoms with Crippen molar-refractivity contribution >= 4 is 5.97 Å². The molecule has 5 nitrogen and oxygen atoms in total. The number of aryl methyl sites for hydroxylation is 1. The van der Waals surface area contributed by atoms with Gasteiger partial charge in [-0.05, 0) is 32.1 Å². The number of fused-ring (bicyclic) bond motifs is 1. The number of hydrogen-bond acceptors (Lipinski definition) is 4. The topological polar surface area (TPSA) is 53.4 Å². The van der Waals surface area contributed by atoms with Gasteiger partial charge in [0, 0.05) is 26.7 Å². The number of nitrogens with zero attached hydrogens (tertiary/aromatic N) is 2. The number of ether oxygens (including phenoxy) is 2. The zero-order valence-electron chi connectivity index (χ0n) is 13.5. The molecule has 118 valence electrons. The van der Waals surface area contributed by atoms with Gasteiger partial charge in [0.15, 0.2) is 5.69 Å². The highest BCUT2D eigenvalue weighted by molar-refractivity contribution is 5.89. The first-order valence-corrected chi connectivity index (χ1v) is 7.80. The maximum atomic E-state index is 12.5. The third-order valence-electron chi connectivity index (χ3n) is 4.11. The lowest BCUT2D eigenvalue weighted by atomic mass is 10.0. The van der Waals surface area contributed by atoms with Crippen molar-refractivity contribution in [1.29, 1.82) is 0 Å². The molecule has 2 heterocycles. The van der Waals surface area contributed by atoms with E-state index < -0.39 is 0 Å². The van der Waals surface area contributed by atoms with E-state index in [1.54, 1.807) is 7.11 Å². The van der Waals surface area contributed by atoms with E-state index in [4.69, 9.17) is 9.47 Å². The highest BCUT2D eigenvalue weighted by atomic mass is 16.5. The van der Waals surface area contributed by atoms with Crippen LogP contribution in [0.25, 0.3) is 0 Å². The highest BCUT2D eigenvalue weighted by Gasteiger charge is 2.26. The molecule has 0 fully saturated rings. The number of aromatic nitrogens is 2. The van der Waals surface area contributed by atoms with Crippen LogP contribution < -0.4 is 0 Å². The molecule has 1 atom stereocenters. The number of methoxy groups -OCH3 is 1. The minimum Gasteiger partial charge on any atom is -0.457 e. The summed E-state index contributed by atoms with van der Waals surface area (Å²) in [6, 6.07) is 0. The van der Waals surface area contributed by atoms with Crippen LogP contribution in [-0.2, 0) is 22.4 Å². The summed E-state index contributed by atoms with van der Waals surface area (Å²) in [6.45, 7) is 7.62. The van der Waals surface area contributed by atoms with Crippen molar-refractivity contribution in [3.63, 3.8) is 0 Å². The van der Waals surface area contributed by atoms with Crippen molar-refractivity contribution in [3.8, 4) is 0 Å². The van der Waals surface area contributed by atoms with Gasteiger partial charge >= 0.3 is 5.97 Å². The number of rotatable bonds is 6. The summed E-state index contributed by atoms with van der Waals surface area (Å²) in [5, 5.41) is 0. The van der Waals surface area contributed by atoms with Gasteiger partial charge in [-0.1, -0.05) is 13.8 Å². The first-order chi connectivity index (χ1) is 10.0. The number of carbonyl (C=O) groups is 1. The van der Waals surface area contributed by atoms with Crippen LogP contribution in [-0.4, -0.2) is 35.3 Å². The SMILES string of the molecule is COCC[C@@H](OC(=O)c1nc(C)n2c1CCCC2)C(C)C. The number of carbonyl (C=O) groups excluding carboxylic acids is 1. The van der Waals surface area contributed by atoms with Crippen LogP contribution in [0.15, 0.2) is 0 Å². The molecule has 0 saturated carbocycles. The van der Waals surface area contributed by atoms with E-state index in [1.807, 2.05) is 6.92 Å². The van der Waals surface area contributed by atoms with Crippen LogP contribution in [0.5, 0.6) is 0 Å². The predicted molar refractivity (Wildman–Crippen MR) is 80.4 cm³/mol. The van der Waals surface area contributed by atoms with Gasteiger partial charge in [-0.25, -0.2) is 9.78 Å². The van der Waals surface area contributed by atoms with Crippen LogP contribution in [0.4, 0.5) is 0 Å². The lowest BCUT2D eigenvalue weighted by Gasteiger charge is -2.21. The molecule has 0 radical (unpaired) electrons. The molecule has 21 heavy (non-hydrogen) atoms. The molecule has 0 saturated heterocycles. The largest absolute Gasteiger partial charge is 0.457 e. The van der Waals surface area contributed by atoms with Gasteiger partial charge in [0.2, 0.25) is 0 Å². The van der Waals surface area contributed by atoms with Crippen LogP contribution in [0, 0.1) is 12.8 Å². The summed E-state index contributed by atoms with van der Waals surface area (Å²) in [4.78, 5) is 16.9. The second kappa shape index (κ2) is 7.07. The number of imidazole rings is 1. The van der Waals surface area contributed by atoms with Crippen molar-refractivity contribution in [2.75, 3.05) is 13.7 Å². The van der Waals surface area contributed by atoms with E-state index in [0.29, 0.717) is 12.3 Å². The molecular weight excluding hydrogens is 268 g/mol. The highest BCUT2D eigenvalue weighted by Crippen LogP contribution is 2.22. The summed E-state index contributed by atoms with van der Waals surface area (Å²) >= 11 is 0. The number of esters is 1. The summed E-state index contributed by atoms with van der Waals surface area (Å²) in [5.41, 5.74) is 1.55. The first kappa shape index (κ1) is 16.0. The fraction of sp³-hybridized carbons (Fsp3) is 0.750. The Kier molecular flexibility index (Phi) is 5.39. The maximum absolute atomic E-state index is 12.5. The van der Waals surface area contributed by atoms with Gasteiger partial charge in [-0.15, -0.1) is 0 Å². The minimum absolute atomic E-state index is 0.126. The standard InChI is InChI=1S/C16H26N2O3/c1-11(2)14(8-10-20-4)21-16(19)15-13-7-5-6-9-18(13)12(3)17-15/h11,14H,5-10H2,1-4H3/t14-/m1/s1. The molecule has 1 aromatic heterocycles. The van der Waals surface area contributed by atoms with E-state index in [9.17, 15) is 4.79 Å². The van der Waals surface area contributed by atoms with E-state index in [2.05, 4.69) is 23.4 Å². The Balaban J connectivity index is 2.12. The van der Waals surface area contributed by atoms with E-state index in [0.717, 1.165) is 43.7 Å². The summed E-state index contributed by atoms with van der Waals surface area (Å²) in [7, 11) is 1.66. The molecule has 0 spiro atoms. The molecule has 5 heteroatoms. The second-order valence-electron chi connectivity index (χ2n) is 6.03. The Labute approximate surface area is 126 Å². The first-order valence-electron chi connectivity index (χ1n) is 7.80. The zero-order chi connectivity index (χ0) is 15.4. The molecule has 0 amide bonds. The molecule has 1 aromatic rings. The van der Waals surface area contributed by atoms with Gasteiger partial charge < -0.3 is 14.0 Å². The van der Waals surface area contributed by atoms with Crippen LogP contribution in [0.2, 0.25) is 0 Å². The summed E-state index contributed by atoms with van der Waals surface area (Å²) in [6.07, 6.45) is 3.77. The predicted octanol–water partition coefficient (Wildman–Crippen LogP) is 2.75. The van der Waals surface area contributed by atoms with Crippen LogP contribution in [0.3, 0.4) is 0 Å². The van der Waals surface area contributed by atoms with Crippen molar-refractivity contribution < 1.29 is 14.3 Å². The van der Waals surface area contributed by atoms with Crippen molar-refractivity contribution in [3.05, 3.63) is 17.2 Å². The molecule has 2 rings (SSSR count). The van der Waals surface area contributed by atoms with Gasteiger partial charge in [-0.2, -0.15) is 0 Å². The van der Waals surface area contributed by atoms with Crippen LogP contribution >= 0.6 is 0 Å². The van der Waals surface area contributed by atoms with Gasteiger partial charge in [0.05, 0.1) is 5.69 Å². The van der Waals surface area contributed by atoms with Crippen LogP contribution in [0.1, 0.15) is 55.1 Å². The van der Waals surface area contributed by atoms with Gasteiger partial charge in [0.25, 0.3) is 0 Å². The molecule has 0 unspecified atom stereocenters. The molecule has 0 aliphatic carbocycles. The molecule has 1 aliphatic rings. The zero-order valence-corrected chi connectivity index (χ0v) is 13.5. The second-order valence-corrected chi connectivity index (χ2v) is 6.03. The van der Waals surface area contributed by atoms with E-state index in [1.165, 1.54) is 0 Å². The smallest absolute Gasteiger partial charge is 0.359 e. The lowest BCUT2D eigenvalue weighted by Crippen LogP contribution is -2.26. The number of hydrogen-bond donors (Lipinski definition) is 0. The Morgan fingerprint density at radius 2 is 2.14 bits per heavy atom. The molecule has 0 bridgehead atoms. The fourth-order valence-corrected chi connectivity index (χ4v) is 2.84. The monoisotopic (exact) mass is 294 g/mol. The lowest BCUT2D eigenvalue weighted by molar-refractivity contribution is 0.00759. The Morgan fingerprint density at radius 1 is 1.38 bits per heavy atom. The summed E-state index contributed by atoms with van der Waals surface area (Å²) in [5.74, 6) is 0.891. The molecular formula is C16H26N2O3. The average Bonchev–Trinajstić information content (AvgIpc) is 2.81. The Hall–Kier alpha value is -1.36. The quantitative estimate of drug-likeness (QED) is 0.757.